The van der Waals surface area contributed by atoms with Crippen LogP contribution in [-0.4, -0.2) is 36.9 Å². The van der Waals surface area contributed by atoms with Gasteiger partial charge < -0.3 is 4.74 Å². The summed E-state index contributed by atoms with van der Waals surface area (Å²) < 4.78 is 34.5. The van der Waals surface area contributed by atoms with Gasteiger partial charge in [-0.15, -0.1) is 0 Å². The summed E-state index contributed by atoms with van der Waals surface area (Å²) in [6.45, 7) is 5.75. The number of benzene rings is 3. The van der Waals surface area contributed by atoms with Gasteiger partial charge in [0.25, 0.3) is 10.0 Å². The number of rotatable bonds is 7. The summed E-state index contributed by atoms with van der Waals surface area (Å²) in [4.78, 5) is 27.1. The van der Waals surface area contributed by atoms with Gasteiger partial charge in [0.2, 0.25) is 0 Å². The van der Waals surface area contributed by atoms with Crippen molar-refractivity contribution >= 4 is 55.3 Å². The van der Waals surface area contributed by atoms with Crippen molar-refractivity contribution in [2.24, 2.45) is 10.8 Å². The number of carbonyl (C=O) groups excluding carboxylic acids is 2. The Morgan fingerprint density at radius 2 is 1.68 bits per heavy atom. The predicted molar refractivity (Wildman–Crippen MR) is 163 cm³/mol. The second-order valence-electron chi connectivity index (χ2n) is 11.3. The van der Waals surface area contributed by atoms with E-state index in [0.717, 1.165) is 9.13 Å². The Kier molecular flexibility index (Phi) is 7.66. The molecule has 0 radical (unpaired) electrons. The molecule has 5 rings (SSSR count). The first-order chi connectivity index (χ1) is 18.9. The number of aromatic nitrogens is 1. The van der Waals surface area contributed by atoms with Crippen molar-refractivity contribution in [3.05, 3.63) is 99.8 Å². The first kappa shape index (κ1) is 28.5. The Bertz CT molecular complexity index is 1680. The van der Waals surface area contributed by atoms with E-state index in [-0.39, 0.29) is 16.6 Å². The van der Waals surface area contributed by atoms with Gasteiger partial charge in [0.1, 0.15) is 0 Å². The van der Waals surface area contributed by atoms with E-state index in [1.165, 1.54) is 3.97 Å². The molecule has 7 nitrogen and oxygen atoms in total. The first-order valence-electron chi connectivity index (χ1n) is 13.1. The molecular formula is C31H31IN2O5S. The highest BCUT2D eigenvalue weighted by atomic mass is 127. The molecule has 2 unspecified atom stereocenters. The Morgan fingerprint density at radius 3 is 2.33 bits per heavy atom. The highest BCUT2D eigenvalue weighted by Gasteiger charge is 2.47. The molecule has 1 aliphatic rings. The van der Waals surface area contributed by atoms with Crippen molar-refractivity contribution in [2.45, 2.75) is 44.7 Å². The number of nitrogens with one attached hydrogen (secondary N) is 1. The Balaban J connectivity index is 1.51. The number of halogens is 1. The summed E-state index contributed by atoms with van der Waals surface area (Å²) in [6.07, 6.45) is 1.81. The number of nitrogens with zero attached hydrogens (tertiary/aromatic N) is 1. The molecule has 4 aromatic rings. The highest BCUT2D eigenvalue weighted by molar-refractivity contribution is 14.1. The van der Waals surface area contributed by atoms with Gasteiger partial charge in [0, 0.05) is 33.7 Å². The molecule has 1 aromatic heterocycles. The zero-order chi connectivity index (χ0) is 28.7. The molecule has 1 N–H and O–H groups in total. The van der Waals surface area contributed by atoms with E-state index in [1.807, 2.05) is 30.3 Å². The van der Waals surface area contributed by atoms with Crippen LogP contribution in [0.5, 0.6) is 0 Å². The fourth-order valence-corrected chi connectivity index (χ4v) is 7.38. The van der Waals surface area contributed by atoms with Gasteiger partial charge in [-0.25, -0.2) is 12.4 Å². The normalized spacial score (nSPS) is 19.6. The van der Waals surface area contributed by atoms with Gasteiger partial charge in [-0.05, 0) is 85.7 Å². The second-order valence-corrected chi connectivity index (χ2v) is 14.3. The summed E-state index contributed by atoms with van der Waals surface area (Å²) in [5, 5.41) is 3.95. The van der Waals surface area contributed by atoms with Crippen molar-refractivity contribution in [2.75, 3.05) is 6.54 Å². The van der Waals surface area contributed by atoms with Crippen molar-refractivity contribution in [1.82, 2.24) is 9.29 Å². The molecule has 0 saturated carbocycles. The zero-order valence-corrected chi connectivity index (χ0v) is 25.5. The third-order valence-electron chi connectivity index (χ3n) is 7.26. The third kappa shape index (κ3) is 5.46. The molecule has 9 heteroatoms. The average Bonchev–Trinajstić information content (AvgIpc) is 3.50. The van der Waals surface area contributed by atoms with Gasteiger partial charge >= 0.3 is 5.97 Å². The highest BCUT2D eigenvalue weighted by Crippen LogP contribution is 2.39. The van der Waals surface area contributed by atoms with Crippen LogP contribution in [0.3, 0.4) is 0 Å². The van der Waals surface area contributed by atoms with E-state index in [1.54, 1.807) is 75.5 Å². The summed E-state index contributed by atoms with van der Waals surface area (Å²) >= 11 is 2.11. The molecule has 40 heavy (non-hydrogen) atoms. The molecule has 0 bridgehead atoms. The fraction of sp³-hybridized carbons (Fsp3) is 0.290. The predicted octanol–water partition coefficient (Wildman–Crippen LogP) is 5.80. The van der Waals surface area contributed by atoms with Crippen LogP contribution in [0.15, 0.2) is 90.0 Å². The smallest absolute Gasteiger partial charge is 0.312 e. The number of hydrogen-bond donors (Lipinski definition) is 1. The van der Waals surface area contributed by atoms with Crippen molar-refractivity contribution in [3.8, 4) is 0 Å². The molecule has 0 amide bonds. The molecule has 1 saturated heterocycles. The minimum atomic E-state index is -3.81. The molecule has 1 fully saturated rings. The fourth-order valence-electron chi connectivity index (χ4n) is 5.09. The van der Waals surface area contributed by atoms with Crippen LogP contribution < -0.4 is 5.32 Å². The lowest BCUT2D eigenvalue weighted by Crippen LogP contribution is -2.36. The quantitative estimate of drug-likeness (QED) is 0.152. The number of fused-ring (bicyclic) bond motifs is 1. The first-order valence-corrected chi connectivity index (χ1v) is 15.6. The van der Waals surface area contributed by atoms with Crippen molar-refractivity contribution in [1.29, 1.82) is 0 Å². The number of ketones is 1. The third-order valence-corrected chi connectivity index (χ3v) is 9.80. The Labute approximate surface area is 248 Å². The van der Waals surface area contributed by atoms with Crippen molar-refractivity contribution in [3.63, 3.8) is 0 Å². The van der Waals surface area contributed by atoms with Crippen LogP contribution in [0.1, 0.15) is 43.1 Å². The van der Waals surface area contributed by atoms with Gasteiger partial charge in [0.15, 0.2) is 12.0 Å². The molecule has 2 atom stereocenters. The van der Waals surface area contributed by atoms with E-state index in [4.69, 9.17) is 4.74 Å². The number of ether oxygens (including phenoxy) is 1. The number of esters is 1. The Morgan fingerprint density at radius 1 is 1.02 bits per heavy atom. The number of carbonyl (C=O) groups is 2. The lowest BCUT2D eigenvalue weighted by Gasteiger charge is -2.27. The molecule has 1 aliphatic heterocycles. The summed E-state index contributed by atoms with van der Waals surface area (Å²) in [5.74, 6) is -0.403. The summed E-state index contributed by atoms with van der Waals surface area (Å²) in [6, 6.07) is 23.2. The van der Waals surface area contributed by atoms with E-state index >= 15 is 0 Å². The molecular weight excluding hydrogens is 639 g/mol. The van der Waals surface area contributed by atoms with Crippen LogP contribution in [-0.2, 0) is 26.0 Å². The standard InChI is InChI=1S/C31H31IN2O5S/c1-30(2,3)29(36)39-27-18-31(20-33-27,17-21-10-6-4-7-11-21)28(35)22-14-15-26-24(16-22)25(32)19-34(26)40(37,38)23-12-8-5-9-13-23/h4-16,19,27,33H,17-18,20H2,1-3H3. The van der Waals surface area contributed by atoms with Gasteiger partial charge in [0.05, 0.1) is 21.2 Å². The zero-order valence-electron chi connectivity index (χ0n) is 22.6. The van der Waals surface area contributed by atoms with Crippen LogP contribution in [0.2, 0.25) is 0 Å². The number of hydrogen-bond acceptors (Lipinski definition) is 6. The maximum Gasteiger partial charge on any atom is 0.312 e. The summed E-state index contributed by atoms with van der Waals surface area (Å²) in [7, 11) is -3.81. The van der Waals surface area contributed by atoms with Crippen LogP contribution >= 0.6 is 22.6 Å². The van der Waals surface area contributed by atoms with Crippen molar-refractivity contribution < 1.29 is 22.7 Å². The van der Waals surface area contributed by atoms with E-state index in [2.05, 4.69) is 27.9 Å². The molecule has 0 aliphatic carbocycles. The maximum absolute atomic E-state index is 14.3. The average molecular weight is 671 g/mol. The SMILES string of the molecule is CC(C)(C)C(=O)OC1CC(Cc2ccccc2)(C(=O)c2ccc3c(c2)c(I)cn3S(=O)(=O)c2ccccc2)CN1. The van der Waals surface area contributed by atoms with Gasteiger partial charge in [-0.2, -0.15) is 0 Å². The lowest BCUT2D eigenvalue weighted by molar-refractivity contribution is -0.159. The summed E-state index contributed by atoms with van der Waals surface area (Å²) in [5.41, 5.74) is 0.494. The molecule has 0 spiro atoms. The van der Waals surface area contributed by atoms with Crippen LogP contribution in [0, 0.1) is 14.4 Å². The minimum Gasteiger partial charge on any atom is -0.446 e. The minimum absolute atomic E-state index is 0.0745. The topological polar surface area (TPSA) is 94.5 Å². The maximum atomic E-state index is 14.3. The molecule has 208 valence electrons. The second kappa shape index (κ2) is 10.8. The largest absolute Gasteiger partial charge is 0.446 e. The van der Waals surface area contributed by atoms with Crippen LogP contribution in [0.4, 0.5) is 0 Å². The van der Waals surface area contributed by atoms with Gasteiger partial charge in [-0.1, -0.05) is 48.5 Å². The lowest BCUT2D eigenvalue weighted by atomic mass is 9.74. The Hall–Kier alpha value is -3.02. The molecule has 2 heterocycles. The number of Topliss-reactive ketones (excluding diaryl/α,β-unsaturated/α-hetero) is 1. The van der Waals surface area contributed by atoms with E-state index < -0.39 is 27.1 Å². The van der Waals surface area contributed by atoms with Gasteiger partial charge in [-0.3, -0.25) is 14.9 Å². The van der Waals surface area contributed by atoms with E-state index in [9.17, 15) is 18.0 Å². The van der Waals surface area contributed by atoms with E-state index in [0.29, 0.717) is 35.9 Å². The monoisotopic (exact) mass is 670 g/mol. The molecule has 3 aromatic carbocycles. The van der Waals surface area contributed by atoms with Crippen LogP contribution in [0.25, 0.3) is 10.9 Å².